The van der Waals surface area contributed by atoms with Gasteiger partial charge in [0.1, 0.15) is 11.2 Å². The first kappa shape index (κ1) is 25.4. The van der Waals surface area contributed by atoms with Crippen molar-refractivity contribution >= 4 is 0 Å². The Morgan fingerprint density at radius 3 is 2.26 bits per heavy atom. The fourth-order valence-corrected chi connectivity index (χ4v) is 5.36. The van der Waals surface area contributed by atoms with Crippen molar-refractivity contribution in [3.63, 3.8) is 0 Å². The highest BCUT2D eigenvalue weighted by Gasteiger charge is 2.55. The third kappa shape index (κ3) is 4.88. The Balaban J connectivity index is 1.64. The lowest BCUT2D eigenvalue weighted by molar-refractivity contribution is -0.127. The molecule has 1 aliphatic rings. The predicted molar refractivity (Wildman–Crippen MR) is 138 cm³/mol. The predicted octanol–water partition coefficient (Wildman–Crippen LogP) is 4.33. The Bertz CT molecular complexity index is 1150. The van der Waals surface area contributed by atoms with Gasteiger partial charge in [0.05, 0.1) is 17.6 Å². The van der Waals surface area contributed by atoms with E-state index in [0.717, 1.165) is 35.5 Å². The molecule has 1 aliphatic heterocycles. The zero-order valence-corrected chi connectivity index (χ0v) is 21.8. The molecule has 1 fully saturated rings. The number of hydrogen-bond donors (Lipinski definition) is 2. The van der Waals surface area contributed by atoms with E-state index in [-0.39, 0.29) is 5.41 Å². The topological polar surface area (TPSA) is 82.4 Å². The van der Waals surface area contributed by atoms with E-state index in [1.54, 1.807) is 25.5 Å². The van der Waals surface area contributed by atoms with Crippen LogP contribution in [-0.2, 0) is 17.6 Å². The molecule has 4 rings (SSSR count). The van der Waals surface area contributed by atoms with Crippen molar-refractivity contribution in [2.75, 3.05) is 20.1 Å². The molecule has 2 unspecified atom stereocenters. The first-order valence-corrected chi connectivity index (χ1v) is 12.4. The van der Waals surface area contributed by atoms with Crippen LogP contribution in [0.25, 0.3) is 0 Å². The van der Waals surface area contributed by atoms with E-state index in [1.165, 1.54) is 5.56 Å². The van der Waals surface area contributed by atoms with Crippen LogP contribution in [0.3, 0.4) is 0 Å². The number of aliphatic hydroxyl groups is 2. The van der Waals surface area contributed by atoms with Gasteiger partial charge in [-0.25, -0.2) is 0 Å². The molecule has 0 spiro atoms. The smallest absolute Gasteiger partial charge is 0.124 e. The van der Waals surface area contributed by atoms with Crippen LogP contribution in [0, 0.1) is 12.3 Å². The fraction of sp³-hybridized carbons (Fsp3) is 0.483. The first-order valence-electron chi connectivity index (χ1n) is 12.4. The molecule has 0 radical (unpaired) electrons. The summed E-state index contributed by atoms with van der Waals surface area (Å²) < 4.78 is 0. The maximum absolute atomic E-state index is 12.4. The SMILES string of the molecule is Cc1cnc(C(C)(O)CCc2cncc(C(O)(c3ccc(C(C)C)cc3)C3(C)CN(C)C3)c2)cn1. The third-order valence-corrected chi connectivity index (χ3v) is 7.55. The van der Waals surface area contributed by atoms with E-state index in [1.807, 2.05) is 19.2 Å². The maximum Gasteiger partial charge on any atom is 0.124 e. The minimum Gasteiger partial charge on any atom is -0.384 e. The highest BCUT2D eigenvalue weighted by Crippen LogP contribution is 2.50. The van der Waals surface area contributed by atoms with Crippen molar-refractivity contribution in [3.8, 4) is 0 Å². The van der Waals surface area contributed by atoms with E-state index in [2.05, 4.69) is 71.9 Å². The van der Waals surface area contributed by atoms with Crippen LogP contribution in [0.5, 0.6) is 0 Å². The van der Waals surface area contributed by atoms with E-state index in [9.17, 15) is 10.2 Å². The van der Waals surface area contributed by atoms with Gasteiger partial charge >= 0.3 is 0 Å². The van der Waals surface area contributed by atoms with E-state index in [4.69, 9.17) is 0 Å². The number of rotatable bonds is 8. The molecule has 3 aromatic rings. The summed E-state index contributed by atoms with van der Waals surface area (Å²) in [5.41, 5.74) is 2.64. The molecule has 2 aromatic heterocycles. The van der Waals surface area contributed by atoms with Crippen molar-refractivity contribution in [2.24, 2.45) is 5.41 Å². The molecule has 0 bridgehead atoms. The fourth-order valence-electron chi connectivity index (χ4n) is 5.36. The minimum atomic E-state index is -1.18. The molecule has 6 nitrogen and oxygen atoms in total. The molecule has 2 atom stereocenters. The molecule has 0 amide bonds. The zero-order valence-electron chi connectivity index (χ0n) is 21.8. The van der Waals surface area contributed by atoms with Gasteiger partial charge in [0.2, 0.25) is 0 Å². The van der Waals surface area contributed by atoms with E-state index >= 15 is 0 Å². The second kappa shape index (κ2) is 9.41. The van der Waals surface area contributed by atoms with Gasteiger partial charge in [-0.2, -0.15) is 0 Å². The minimum absolute atomic E-state index is 0.343. The summed E-state index contributed by atoms with van der Waals surface area (Å²) in [7, 11) is 2.08. The lowest BCUT2D eigenvalue weighted by atomic mass is 9.62. The lowest BCUT2D eigenvalue weighted by Crippen LogP contribution is -2.63. The average molecular weight is 475 g/mol. The van der Waals surface area contributed by atoms with Gasteiger partial charge in [0.25, 0.3) is 0 Å². The van der Waals surface area contributed by atoms with Crippen molar-refractivity contribution in [1.29, 1.82) is 0 Å². The summed E-state index contributed by atoms with van der Waals surface area (Å²) >= 11 is 0. The molecular weight excluding hydrogens is 436 g/mol. The number of hydrogen-bond acceptors (Lipinski definition) is 6. The molecule has 6 heteroatoms. The van der Waals surface area contributed by atoms with Crippen LogP contribution in [-0.4, -0.2) is 50.2 Å². The maximum atomic E-state index is 12.4. The molecule has 186 valence electrons. The molecule has 1 saturated heterocycles. The normalized spacial score (nSPS) is 19.1. The summed E-state index contributed by atoms with van der Waals surface area (Å²) in [4.78, 5) is 15.4. The van der Waals surface area contributed by atoms with Gasteiger partial charge in [0.15, 0.2) is 0 Å². The van der Waals surface area contributed by atoms with Gasteiger partial charge < -0.3 is 15.1 Å². The Morgan fingerprint density at radius 2 is 1.69 bits per heavy atom. The highest BCUT2D eigenvalue weighted by molar-refractivity contribution is 5.42. The quantitative estimate of drug-likeness (QED) is 0.506. The Labute approximate surface area is 209 Å². The standard InChI is InChI=1S/C29H38N4O2/c1-20(2)23-7-9-24(10-8-23)29(35,27(4)18-33(6)19-27)25-13-22(15-30-16-25)11-12-28(5,34)26-17-31-21(3)14-32-26/h7-10,13-17,20,34-35H,11-12,18-19H2,1-6H3. The first-order chi connectivity index (χ1) is 16.4. The van der Waals surface area contributed by atoms with Crippen LogP contribution >= 0.6 is 0 Å². The van der Waals surface area contributed by atoms with Crippen LogP contribution in [0.4, 0.5) is 0 Å². The summed E-state index contributed by atoms with van der Waals surface area (Å²) in [5, 5.41) is 23.4. The van der Waals surface area contributed by atoms with E-state index < -0.39 is 11.2 Å². The zero-order chi connectivity index (χ0) is 25.4. The van der Waals surface area contributed by atoms with Crippen LogP contribution in [0.15, 0.2) is 55.1 Å². The molecule has 2 N–H and O–H groups in total. The summed E-state index contributed by atoms with van der Waals surface area (Å²) in [6, 6.07) is 10.4. The molecule has 3 heterocycles. The number of likely N-dealkylation sites (tertiary alicyclic amines) is 1. The summed E-state index contributed by atoms with van der Waals surface area (Å²) in [6.45, 7) is 11.7. The van der Waals surface area contributed by atoms with Crippen molar-refractivity contribution in [2.45, 2.75) is 64.6 Å². The largest absolute Gasteiger partial charge is 0.384 e. The third-order valence-electron chi connectivity index (χ3n) is 7.55. The van der Waals surface area contributed by atoms with Gasteiger partial charge in [-0.05, 0) is 62.4 Å². The van der Waals surface area contributed by atoms with Crippen molar-refractivity contribution in [1.82, 2.24) is 19.9 Å². The monoisotopic (exact) mass is 474 g/mol. The van der Waals surface area contributed by atoms with Gasteiger partial charge in [-0.1, -0.05) is 45.0 Å². The Hall–Kier alpha value is -2.67. The number of aryl methyl sites for hydroxylation is 2. The van der Waals surface area contributed by atoms with E-state index in [0.29, 0.717) is 24.5 Å². The molecule has 1 aromatic carbocycles. The number of pyridine rings is 1. The van der Waals surface area contributed by atoms with Gasteiger partial charge in [-0.15, -0.1) is 0 Å². The second-order valence-corrected chi connectivity index (χ2v) is 11.1. The summed E-state index contributed by atoms with van der Waals surface area (Å²) in [6.07, 6.45) is 7.98. The number of nitrogens with zero attached hydrogens (tertiary/aromatic N) is 4. The Morgan fingerprint density at radius 1 is 1.00 bits per heavy atom. The highest BCUT2D eigenvalue weighted by atomic mass is 16.3. The average Bonchev–Trinajstić information content (AvgIpc) is 2.82. The molecule has 0 saturated carbocycles. The number of aromatic nitrogens is 3. The van der Waals surface area contributed by atoms with Crippen LogP contribution in [0.1, 0.15) is 73.7 Å². The second-order valence-electron chi connectivity index (χ2n) is 11.1. The molecule has 35 heavy (non-hydrogen) atoms. The molecular formula is C29H38N4O2. The Kier molecular flexibility index (Phi) is 6.84. The van der Waals surface area contributed by atoms with Crippen LogP contribution in [0.2, 0.25) is 0 Å². The van der Waals surface area contributed by atoms with Gasteiger partial charge in [0, 0.05) is 42.7 Å². The number of benzene rings is 1. The van der Waals surface area contributed by atoms with Gasteiger partial charge in [-0.3, -0.25) is 15.0 Å². The van der Waals surface area contributed by atoms with Crippen molar-refractivity contribution in [3.05, 3.63) is 88.8 Å². The lowest BCUT2D eigenvalue weighted by Gasteiger charge is -2.56. The van der Waals surface area contributed by atoms with Crippen molar-refractivity contribution < 1.29 is 10.2 Å². The molecule has 0 aliphatic carbocycles. The summed E-state index contributed by atoms with van der Waals surface area (Å²) in [5.74, 6) is 0.429. The van der Waals surface area contributed by atoms with Crippen LogP contribution < -0.4 is 0 Å².